The maximum Gasteiger partial charge on any atom is 0.230 e. The summed E-state index contributed by atoms with van der Waals surface area (Å²) < 4.78 is 0. The number of carbonyl (C=O) groups excluding carboxylic acids is 3. The van der Waals surface area contributed by atoms with E-state index in [-0.39, 0.29) is 30.1 Å². The highest BCUT2D eigenvalue weighted by Crippen LogP contribution is 2.38. The molecule has 1 N–H and O–H groups in total. The Morgan fingerprint density at radius 1 is 1.10 bits per heavy atom. The van der Waals surface area contributed by atoms with E-state index in [1.54, 1.807) is 17.0 Å². The number of amides is 3. The number of fused-ring (bicyclic) bond motifs is 1. The summed E-state index contributed by atoms with van der Waals surface area (Å²) in [6, 6.07) is 11.2. The van der Waals surface area contributed by atoms with Crippen LogP contribution < -0.4 is 15.1 Å². The van der Waals surface area contributed by atoms with Gasteiger partial charge in [0.1, 0.15) is 0 Å². The number of nitrogens with one attached hydrogen (secondary N) is 1. The number of hydrogen-bond donors (Lipinski definition) is 1. The van der Waals surface area contributed by atoms with Gasteiger partial charge in [0.15, 0.2) is 0 Å². The number of aryl methyl sites for hydroxylation is 1. The van der Waals surface area contributed by atoms with Gasteiger partial charge in [-0.2, -0.15) is 0 Å². The van der Waals surface area contributed by atoms with Gasteiger partial charge >= 0.3 is 0 Å². The van der Waals surface area contributed by atoms with Gasteiger partial charge in [-0.25, -0.2) is 0 Å². The van der Waals surface area contributed by atoms with Gasteiger partial charge in [0, 0.05) is 47.5 Å². The van der Waals surface area contributed by atoms with E-state index in [1.807, 2.05) is 36.1 Å². The minimum atomic E-state index is -0.424. The quantitative estimate of drug-likeness (QED) is 0.787. The second-order valence-corrected chi connectivity index (χ2v) is 9.12. The Morgan fingerprint density at radius 3 is 2.68 bits per heavy atom. The fraction of sp³-hybridized carbons (Fsp3) is 0.375. The summed E-state index contributed by atoms with van der Waals surface area (Å²) in [4.78, 5) is 41.5. The highest BCUT2D eigenvalue weighted by Gasteiger charge is 2.38. The van der Waals surface area contributed by atoms with Crippen molar-refractivity contribution in [2.24, 2.45) is 11.8 Å². The molecule has 2 aromatic rings. The van der Waals surface area contributed by atoms with E-state index in [1.165, 1.54) is 0 Å². The number of benzene rings is 2. The molecule has 3 aliphatic rings. The zero-order chi connectivity index (χ0) is 21.7. The van der Waals surface area contributed by atoms with Crippen molar-refractivity contribution in [3.63, 3.8) is 0 Å². The van der Waals surface area contributed by atoms with E-state index in [0.29, 0.717) is 23.8 Å². The van der Waals surface area contributed by atoms with Gasteiger partial charge in [0.25, 0.3) is 0 Å². The van der Waals surface area contributed by atoms with E-state index in [4.69, 9.17) is 11.6 Å². The third kappa shape index (κ3) is 3.81. The standard InChI is InChI=1S/C24H24ClN3O3/c1-14-2-5-18(25)12-20(14)26-23(30)17-11-22(29)28(13-17)19-6-7-21-16(10-19)8-9-27(21)24(31)15-3-4-15/h2,5-7,10,12,15,17H,3-4,8-9,11,13H2,1H3,(H,26,30). The topological polar surface area (TPSA) is 69.7 Å². The summed E-state index contributed by atoms with van der Waals surface area (Å²) in [5.74, 6) is -0.257. The van der Waals surface area contributed by atoms with E-state index in [9.17, 15) is 14.4 Å². The molecule has 1 aliphatic carbocycles. The molecule has 2 aliphatic heterocycles. The molecular formula is C24H24ClN3O3. The summed E-state index contributed by atoms with van der Waals surface area (Å²) in [5, 5.41) is 3.47. The van der Waals surface area contributed by atoms with E-state index in [2.05, 4.69) is 5.32 Å². The van der Waals surface area contributed by atoms with Crippen molar-refractivity contribution >= 4 is 46.4 Å². The smallest absolute Gasteiger partial charge is 0.230 e. The second-order valence-electron chi connectivity index (χ2n) is 8.68. The summed E-state index contributed by atoms with van der Waals surface area (Å²) in [6.45, 7) is 2.94. The monoisotopic (exact) mass is 437 g/mol. The first-order valence-electron chi connectivity index (χ1n) is 10.7. The van der Waals surface area contributed by atoms with Gasteiger partial charge < -0.3 is 15.1 Å². The number of carbonyl (C=O) groups is 3. The molecule has 0 bridgehead atoms. The predicted octanol–water partition coefficient (Wildman–Crippen LogP) is 3.94. The van der Waals surface area contributed by atoms with Crippen LogP contribution in [0, 0.1) is 18.8 Å². The molecule has 1 saturated heterocycles. The normalized spacial score (nSPS) is 20.2. The van der Waals surface area contributed by atoms with Crippen LogP contribution in [0.15, 0.2) is 36.4 Å². The number of anilines is 3. The van der Waals surface area contributed by atoms with Gasteiger partial charge in [0.2, 0.25) is 17.7 Å². The highest BCUT2D eigenvalue weighted by atomic mass is 35.5. The third-order valence-corrected chi connectivity index (χ3v) is 6.65. The number of rotatable bonds is 4. The van der Waals surface area contributed by atoms with Crippen LogP contribution in [0.2, 0.25) is 5.02 Å². The third-order valence-electron chi connectivity index (χ3n) is 6.42. The minimum absolute atomic E-state index is 0.0631. The van der Waals surface area contributed by atoms with Gasteiger partial charge in [-0.3, -0.25) is 14.4 Å². The van der Waals surface area contributed by atoms with Crippen LogP contribution in [0.3, 0.4) is 0 Å². The number of nitrogens with zero attached hydrogens (tertiary/aromatic N) is 2. The van der Waals surface area contributed by atoms with Crippen molar-refractivity contribution in [2.75, 3.05) is 28.2 Å². The Hall–Kier alpha value is -2.86. The molecule has 2 heterocycles. The van der Waals surface area contributed by atoms with Crippen LogP contribution >= 0.6 is 11.6 Å². The lowest BCUT2D eigenvalue weighted by atomic mass is 10.1. The highest BCUT2D eigenvalue weighted by molar-refractivity contribution is 6.31. The Morgan fingerprint density at radius 2 is 1.90 bits per heavy atom. The molecule has 2 aromatic carbocycles. The Labute approximate surface area is 186 Å². The molecule has 31 heavy (non-hydrogen) atoms. The zero-order valence-corrected chi connectivity index (χ0v) is 18.1. The summed E-state index contributed by atoms with van der Waals surface area (Å²) in [6.07, 6.45) is 2.95. The molecule has 7 heteroatoms. The van der Waals surface area contributed by atoms with E-state index in [0.717, 1.165) is 41.8 Å². The van der Waals surface area contributed by atoms with Crippen molar-refractivity contribution in [1.82, 2.24) is 0 Å². The van der Waals surface area contributed by atoms with Crippen molar-refractivity contribution < 1.29 is 14.4 Å². The minimum Gasteiger partial charge on any atom is -0.325 e. The van der Waals surface area contributed by atoms with Crippen LogP contribution in [0.4, 0.5) is 17.1 Å². The maximum atomic E-state index is 12.8. The molecule has 1 atom stereocenters. The average molecular weight is 438 g/mol. The maximum absolute atomic E-state index is 12.8. The van der Waals surface area contributed by atoms with Gasteiger partial charge in [-0.15, -0.1) is 0 Å². The van der Waals surface area contributed by atoms with Crippen LogP contribution in [0.5, 0.6) is 0 Å². The molecule has 0 spiro atoms. The summed E-state index contributed by atoms with van der Waals surface area (Å²) in [5.41, 5.74) is 4.42. The first-order chi connectivity index (χ1) is 14.9. The SMILES string of the molecule is Cc1ccc(Cl)cc1NC(=O)C1CC(=O)N(c2ccc3c(c2)CCN3C(=O)C2CC2)C1. The van der Waals surface area contributed by atoms with E-state index < -0.39 is 5.92 Å². The van der Waals surface area contributed by atoms with Crippen molar-refractivity contribution in [1.29, 1.82) is 0 Å². The molecule has 0 aromatic heterocycles. The first-order valence-corrected chi connectivity index (χ1v) is 11.1. The van der Waals surface area contributed by atoms with Crippen LogP contribution in [0.1, 0.15) is 30.4 Å². The lowest BCUT2D eigenvalue weighted by Crippen LogP contribution is -2.30. The summed E-state index contributed by atoms with van der Waals surface area (Å²) >= 11 is 6.05. The zero-order valence-electron chi connectivity index (χ0n) is 17.4. The molecule has 3 amide bonds. The van der Waals surface area contributed by atoms with Gasteiger partial charge in [-0.05, 0) is 67.6 Å². The Kier molecular flexibility index (Phi) is 4.97. The lowest BCUT2D eigenvalue weighted by molar-refractivity contribution is -0.122. The molecule has 2 fully saturated rings. The molecule has 1 unspecified atom stereocenters. The molecule has 160 valence electrons. The van der Waals surface area contributed by atoms with Crippen LogP contribution in [-0.4, -0.2) is 30.8 Å². The fourth-order valence-electron chi connectivity index (χ4n) is 4.43. The average Bonchev–Trinajstić information content (AvgIpc) is 3.40. The lowest BCUT2D eigenvalue weighted by Gasteiger charge is -2.20. The molecule has 0 radical (unpaired) electrons. The Bertz CT molecular complexity index is 1100. The number of halogens is 1. The predicted molar refractivity (Wildman–Crippen MR) is 121 cm³/mol. The molecule has 5 rings (SSSR count). The van der Waals surface area contributed by atoms with Gasteiger partial charge in [0.05, 0.1) is 5.92 Å². The van der Waals surface area contributed by atoms with Crippen LogP contribution in [0.25, 0.3) is 0 Å². The fourth-order valence-corrected chi connectivity index (χ4v) is 4.60. The number of hydrogen-bond acceptors (Lipinski definition) is 3. The molecule has 1 saturated carbocycles. The molecule has 6 nitrogen and oxygen atoms in total. The van der Waals surface area contributed by atoms with Crippen LogP contribution in [-0.2, 0) is 20.8 Å². The summed E-state index contributed by atoms with van der Waals surface area (Å²) in [7, 11) is 0. The van der Waals surface area contributed by atoms with Gasteiger partial charge in [-0.1, -0.05) is 17.7 Å². The van der Waals surface area contributed by atoms with Crippen molar-refractivity contribution in [2.45, 2.75) is 32.6 Å². The Balaban J connectivity index is 1.30. The first kappa shape index (κ1) is 20.1. The second kappa shape index (κ2) is 7.68. The van der Waals surface area contributed by atoms with Crippen molar-refractivity contribution in [3.8, 4) is 0 Å². The van der Waals surface area contributed by atoms with E-state index >= 15 is 0 Å². The molecular weight excluding hydrogens is 414 g/mol. The van der Waals surface area contributed by atoms with Crippen molar-refractivity contribution in [3.05, 3.63) is 52.5 Å². The largest absolute Gasteiger partial charge is 0.325 e.